The van der Waals surface area contributed by atoms with Crippen LogP contribution in [-0.2, 0) is 12.8 Å². The molecule has 0 amide bonds. The highest BCUT2D eigenvalue weighted by molar-refractivity contribution is 5.99. The second-order valence-electron chi connectivity index (χ2n) is 7.41. The van der Waals surface area contributed by atoms with Crippen LogP contribution in [0.15, 0.2) is 64.5 Å². The van der Waals surface area contributed by atoms with Gasteiger partial charge in [0.15, 0.2) is 0 Å². The highest BCUT2D eigenvalue weighted by Gasteiger charge is 2.17. The van der Waals surface area contributed by atoms with Gasteiger partial charge in [-0.2, -0.15) is 0 Å². The van der Waals surface area contributed by atoms with Gasteiger partial charge in [-0.1, -0.05) is 31.5 Å². The lowest BCUT2D eigenvalue weighted by Gasteiger charge is -2.02. The van der Waals surface area contributed by atoms with Gasteiger partial charge in [-0.05, 0) is 55.7 Å². The fourth-order valence-corrected chi connectivity index (χ4v) is 3.83. The molecule has 2 heterocycles. The van der Waals surface area contributed by atoms with Crippen molar-refractivity contribution in [3.05, 3.63) is 87.7 Å². The molecule has 0 saturated carbocycles. The molecular weight excluding hydrogens is 379 g/mol. The molecule has 5 nitrogen and oxygen atoms in total. The maximum absolute atomic E-state index is 13.6. The maximum Gasteiger partial charge on any atom is 0.280 e. The van der Waals surface area contributed by atoms with Crippen molar-refractivity contribution in [2.75, 3.05) is 6.54 Å². The van der Waals surface area contributed by atoms with Crippen molar-refractivity contribution in [2.45, 2.75) is 33.1 Å². The Hall–Kier alpha value is -3.41. The molecule has 6 heteroatoms. The van der Waals surface area contributed by atoms with Crippen LogP contribution >= 0.6 is 0 Å². The number of halogens is 1. The maximum atomic E-state index is 13.6. The van der Waals surface area contributed by atoms with E-state index in [0.29, 0.717) is 18.5 Å². The minimum Gasteiger partial charge on any atom is -0.361 e. The van der Waals surface area contributed by atoms with Gasteiger partial charge in [0.2, 0.25) is 0 Å². The first-order valence-electron chi connectivity index (χ1n) is 10.2. The zero-order chi connectivity index (χ0) is 21.1. The SMILES string of the molecule is CCCc1[nH]n(-c2ccccc2)c(=O)c1C(C)=NCCc1c[nH]c2ccc(F)cc12. The number of aromatic nitrogens is 3. The van der Waals surface area contributed by atoms with Crippen molar-refractivity contribution in [1.29, 1.82) is 0 Å². The first-order chi connectivity index (χ1) is 14.6. The lowest BCUT2D eigenvalue weighted by Crippen LogP contribution is -2.20. The topological polar surface area (TPSA) is 65.9 Å². The van der Waals surface area contributed by atoms with Crippen LogP contribution in [-0.4, -0.2) is 27.0 Å². The van der Waals surface area contributed by atoms with E-state index in [1.807, 2.05) is 43.5 Å². The number of benzene rings is 2. The number of nitrogens with zero attached hydrogens (tertiary/aromatic N) is 2. The van der Waals surface area contributed by atoms with E-state index in [2.05, 4.69) is 22.0 Å². The summed E-state index contributed by atoms with van der Waals surface area (Å²) in [7, 11) is 0. The molecule has 0 saturated heterocycles. The monoisotopic (exact) mass is 404 g/mol. The van der Waals surface area contributed by atoms with E-state index >= 15 is 0 Å². The summed E-state index contributed by atoms with van der Waals surface area (Å²) < 4.78 is 15.2. The molecular formula is C24H25FN4O. The number of para-hydroxylation sites is 1. The lowest BCUT2D eigenvalue weighted by molar-refractivity contribution is 0.629. The smallest absolute Gasteiger partial charge is 0.280 e. The van der Waals surface area contributed by atoms with E-state index in [4.69, 9.17) is 0 Å². The number of H-pyrrole nitrogens is 2. The third kappa shape index (κ3) is 3.85. The molecule has 0 fully saturated rings. The van der Waals surface area contributed by atoms with Crippen LogP contribution in [0.25, 0.3) is 16.6 Å². The highest BCUT2D eigenvalue weighted by atomic mass is 19.1. The third-order valence-electron chi connectivity index (χ3n) is 5.30. The molecule has 0 atom stereocenters. The molecule has 0 unspecified atom stereocenters. The Bertz CT molecular complexity index is 1250. The summed E-state index contributed by atoms with van der Waals surface area (Å²) in [6, 6.07) is 14.3. The molecule has 2 aromatic carbocycles. The van der Waals surface area contributed by atoms with Crippen LogP contribution in [0.3, 0.4) is 0 Å². The number of aryl methyl sites for hydroxylation is 1. The number of rotatable bonds is 7. The van der Waals surface area contributed by atoms with Crippen molar-refractivity contribution < 1.29 is 4.39 Å². The molecule has 0 aliphatic heterocycles. The van der Waals surface area contributed by atoms with Crippen LogP contribution < -0.4 is 5.56 Å². The van der Waals surface area contributed by atoms with Crippen LogP contribution in [0.4, 0.5) is 4.39 Å². The van der Waals surface area contributed by atoms with E-state index in [1.54, 1.807) is 16.8 Å². The van der Waals surface area contributed by atoms with E-state index < -0.39 is 0 Å². The standard InChI is InChI=1S/C24H25FN4O/c1-3-7-22-23(24(30)29(28-22)19-8-5-4-6-9-19)16(2)26-13-12-17-15-27-21-11-10-18(25)14-20(17)21/h4-6,8-11,14-15,27-28H,3,7,12-13H2,1-2H3. The van der Waals surface area contributed by atoms with E-state index in [-0.39, 0.29) is 11.4 Å². The molecule has 0 spiro atoms. The summed E-state index contributed by atoms with van der Waals surface area (Å²) in [6.07, 6.45) is 4.27. The van der Waals surface area contributed by atoms with Crippen LogP contribution in [0.1, 0.15) is 37.1 Å². The number of hydrogen-bond donors (Lipinski definition) is 2. The minimum atomic E-state index is -0.249. The van der Waals surface area contributed by atoms with Crippen LogP contribution in [0, 0.1) is 5.82 Å². The van der Waals surface area contributed by atoms with Crippen LogP contribution in [0.5, 0.6) is 0 Å². The number of nitrogens with one attached hydrogen (secondary N) is 2. The second-order valence-corrected chi connectivity index (χ2v) is 7.41. The Morgan fingerprint density at radius 2 is 1.93 bits per heavy atom. The number of fused-ring (bicyclic) bond motifs is 1. The molecule has 4 rings (SSSR count). The van der Waals surface area contributed by atoms with Gasteiger partial charge in [0, 0.05) is 35.1 Å². The zero-order valence-electron chi connectivity index (χ0n) is 17.2. The van der Waals surface area contributed by atoms with Crippen molar-refractivity contribution in [3.8, 4) is 5.69 Å². The Kier molecular flexibility index (Phi) is 5.65. The van der Waals surface area contributed by atoms with E-state index in [0.717, 1.165) is 46.4 Å². The molecule has 154 valence electrons. The second kappa shape index (κ2) is 8.53. The average molecular weight is 404 g/mol. The molecule has 2 aromatic heterocycles. The highest BCUT2D eigenvalue weighted by Crippen LogP contribution is 2.20. The fourth-order valence-electron chi connectivity index (χ4n) is 3.83. The van der Waals surface area contributed by atoms with E-state index in [1.165, 1.54) is 6.07 Å². The molecule has 0 radical (unpaired) electrons. The molecule has 0 bridgehead atoms. The first kappa shape index (κ1) is 19.9. The van der Waals surface area contributed by atoms with Gasteiger partial charge in [0.25, 0.3) is 5.56 Å². The Labute approximate surface area is 174 Å². The van der Waals surface area contributed by atoms with Gasteiger partial charge in [-0.15, -0.1) is 0 Å². The average Bonchev–Trinajstić information content (AvgIpc) is 3.29. The molecule has 0 aliphatic carbocycles. The molecule has 30 heavy (non-hydrogen) atoms. The van der Waals surface area contributed by atoms with Gasteiger partial charge in [0.1, 0.15) is 5.82 Å². The quantitative estimate of drug-likeness (QED) is 0.427. The van der Waals surface area contributed by atoms with E-state index in [9.17, 15) is 9.18 Å². The van der Waals surface area contributed by atoms with Gasteiger partial charge in [-0.3, -0.25) is 14.9 Å². The summed E-state index contributed by atoms with van der Waals surface area (Å²) in [5.41, 5.74) is 4.92. The molecule has 2 N–H and O–H groups in total. The number of aromatic amines is 2. The third-order valence-corrected chi connectivity index (χ3v) is 5.30. The lowest BCUT2D eigenvalue weighted by atomic mass is 10.1. The first-order valence-corrected chi connectivity index (χ1v) is 10.2. The Morgan fingerprint density at radius 1 is 1.13 bits per heavy atom. The summed E-state index contributed by atoms with van der Waals surface area (Å²) in [4.78, 5) is 21.0. The zero-order valence-corrected chi connectivity index (χ0v) is 17.2. The Balaban J connectivity index is 1.61. The largest absolute Gasteiger partial charge is 0.361 e. The normalized spacial score (nSPS) is 12.0. The van der Waals surface area contributed by atoms with Crippen LogP contribution in [0.2, 0.25) is 0 Å². The minimum absolute atomic E-state index is 0.0833. The van der Waals surface area contributed by atoms with Crippen molar-refractivity contribution >= 4 is 16.6 Å². The van der Waals surface area contributed by atoms with Gasteiger partial charge in [-0.25, -0.2) is 9.07 Å². The molecule has 4 aromatic rings. The van der Waals surface area contributed by atoms with Gasteiger partial charge in [0.05, 0.1) is 11.3 Å². The fraction of sp³-hybridized carbons (Fsp3) is 0.250. The summed E-state index contributed by atoms with van der Waals surface area (Å²) in [5.74, 6) is -0.249. The van der Waals surface area contributed by atoms with Crippen molar-refractivity contribution in [2.24, 2.45) is 4.99 Å². The summed E-state index contributed by atoms with van der Waals surface area (Å²) in [6.45, 7) is 4.50. The van der Waals surface area contributed by atoms with Crippen molar-refractivity contribution in [1.82, 2.24) is 14.8 Å². The number of aliphatic imine (C=N–C) groups is 1. The van der Waals surface area contributed by atoms with Crippen molar-refractivity contribution in [3.63, 3.8) is 0 Å². The van der Waals surface area contributed by atoms with Gasteiger partial charge >= 0.3 is 0 Å². The predicted molar refractivity (Wildman–Crippen MR) is 119 cm³/mol. The summed E-state index contributed by atoms with van der Waals surface area (Å²) in [5, 5.41) is 4.14. The van der Waals surface area contributed by atoms with Gasteiger partial charge < -0.3 is 4.98 Å². The molecule has 0 aliphatic rings. The Morgan fingerprint density at radius 3 is 2.70 bits per heavy atom. The predicted octanol–water partition coefficient (Wildman–Crippen LogP) is 4.79. The summed E-state index contributed by atoms with van der Waals surface area (Å²) >= 11 is 0. The number of hydrogen-bond acceptors (Lipinski definition) is 2.